The second-order valence-corrected chi connectivity index (χ2v) is 4.00. The molecule has 1 saturated carbocycles. The minimum Gasteiger partial charge on any atom is -0.478 e. The van der Waals surface area contributed by atoms with E-state index in [9.17, 15) is 4.79 Å². The average Bonchev–Trinajstić information content (AvgIpc) is 2.98. The van der Waals surface area contributed by atoms with E-state index in [4.69, 9.17) is 5.11 Å². The molecule has 80 valence electrons. The molecular formula is C11H14N2O2. The van der Waals surface area contributed by atoms with Gasteiger partial charge in [0.1, 0.15) is 5.82 Å². The number of hydrogen-bond acceptors (Lipinski definition) is 3. The number of carbonyl (C=O) groups is 1. The predicted octanol–water partition coefficient (Wildman–Crippen LogP) is 1.69. The van der Waals surface area contributed by atoms with Gasteiger partial charge in [-0.3, -0.25) is 0 Å². The number of aryl methyl sites for hydroxylation is 1. The zero-order valence-electron chi connectivity index (χ0n) is 8.90. The van der Waals surface area contributed by atoms with Crippen molar-refractivity contribution in [2.75, 3.05) is 11.9 Å². The summed E-state index contributed by atoms with van der Waals surface area (Å²) in [7, 11) is 1.96. The Labute approximate surface area is 88.6 Å². The first-order valence-corrected chi connectivity index (χ1v) is 5.03. The van der Waals surface area contributed by atoms with Crippen molar-refractivity contribution in [2.45, 2.75) is 25.8 Å². The molecule has 1 aromatic heterocycles. The quantitative estimate of drug-likeness (QED) is 0.817. The van der Waals surface area contributed by atoms with Crippen molar-refractivity contribution in [3.8, 4) is 0 Å². The lowest BCUT2D eigenvalue weighted by atomic mass is 10.2. The predicted molar refractivity (Wildman–Crippen MR) is 57.4 cm³/mol. The Bertz CT molecular complexity index is 400. The molecule has 4 heteroatoms. The molecule has 0 saturated heterocycles. The van der Waals surface area contributed by atoms with Crippen molar-refractivity contribution >= 4 is 11.8 Å². The molecule has 2 rings (SSSR count). The molecule has 0 amide bonds. The van der Waals surface area contributed by atoms with Crippen molar-refractivity contribution in [1.82, 2.24) is 4.98 Å². The summed E-state index contributed by atoms with van der Waals surface area (Å²) in [4.78, 5) is 17.3. The highest BCUT2D eigenvalue weighted by Crippen LogP contribution is 2.29. The lowest BCUT2D eigenvalue weighted by molar-refractivity contribution is 0.0696. The number of rotatable bonds is 3. The molecule has 0 atom stereocenters. The fourth-order valence-corrected chi connectivity index (χ4v) is 1.60. The summed E-state index contributed by atoms with van der Waals surface area (Å²) in [6, 6.07) is 3.76. The summed E-state index contributed by atoms with van der Waals surface area (Å²) in [5, 5.41) is 8.92. The van der Waals surface area contributed by atoms with E-state index in [0.717, 1.165) is 11.5 Å². The molecule has 4 nitrogen and oxygen atoms in total. The van der Waals surface area contributed by atoms with Crippen molar-refractivity contribution in [3.63, 3.8) is 0 Å². The van der Waals surface area contributed by atoms with Gasteiger partial charge in [0.2, 0.25) is 0 Å². The maximum atomic E-state index is 10.9. The number of carboxylic acids is 1. The SMILES string of the molecule is Cc1cc(C(=O)O)cc(N(C)C2CC2)n1. The van der Waals surface area contributed by atoms with Crippen LogP contribution in [0.3, 0.4) is 0 Å². The average molecular weight is 206 g/mol. The third-order valence-corrected chi connectivity index (χ3v) is 2.64. The van der Waals surface area contributed by atoms with E-state index in [1.54, 1.807) is 12.1 Å². The van der Waals surface area contributed by atoms with Gasteiger partial charge < -0.3 is 10.0 Å². The molecule has 1 N–H and O–H groups in total. The highest BCUT2D eigenvalue weighted by Gasteiger charge is 2.27. The Balaban J connectivity index is 2.33. The Morgan fingerprint density at radius 1 is 1.53 bits per heavy atom. The number of nitrogens with zero attached hydrogens (tertiary/aromatic N) is 2. The zero-order chi connectivity index (χ0) is 11.0. The van der Waals surface area contributed by atoms with Crippen LogP contribution in [0, 0.1) is 6.92 Å². The number of aromatic nitrogens is 1. The van der Waals surface area contributed by atoms with Gasteiger partial charge in [0.15, 0.2) is 0 Å². The van der Waals surface area contributed by atoms with Crippen LogP contribution in [0.5, 0.6) is 0 Å². The van der Waals surface area contributed by atoms with Crippen LogP contribution in [0.25, 0.3) is 0 Å². The van der Waals surface area contributed by atoms with E-state index in [0.29, 0.717) is 11.6 Å². The lowest BCUT2D eigenvalue weighted by Crippen LogP contribution is -2.21. The molecule has 0 radical (unpaired) electrons. The molecule has 1 aromatic rings. The van der Waals surface area contributed by atoms with Gasteiger partial charge in [-0.05, 0) is 31.9 Å². The first kappa shape index (κ1) is 9.96. The molecule has 0 spiro atoms. The third-order valence-electron chi connectivity index (χ3n) is 2.64. The van der Waals surface area contributed by atoms with Crippen LogP contribution in [-0.4, -0.2) is 29.1 Å². The summed E-state index contributed by atoms with van der Waals surface area (Å²) in [5.74, 6) is -0.138. The minimum absolute atomic E-state index is 0.310. The highest BCUT2D eigenvalue weighted by molar-refractivity contribution is 5.88. The van der Waals surface area contributed by atoms with Crippen LogP contribution in [-0.2, 0) is 0 Å². The molecule has 0 unspecified atom stereocenters. The van der Waals surface area contributed by atoms with Gasteiger partial charge in [-0.25, -0.2) is 9.78 Å². The number of carboxylic acid groups (broad SMARTS) is 1. The van der Waals surface area contributed by atoms with Crippen LogP contribution in [0.2, 0.25) is 0 Å². The number of pyridine rings is 1. The van der Waals surface area contributed by atoms with E-state index in [2.05, 4.69) is 9.88 Å². The van der Waals surface area contributed by atoms with Crippen LogP contribution < -0.4 is 4.90 Å². The van der Waals surface area contributed by atoms with E-state index in [1.165, 1.54) is 12.8 Å². The topological polar surface area (TPSA) is 53.4 Å². The van der Waals surface area contributed by atoms with Crippen molar-refractivity contribution in [1.29, 1.82) is 0 Å². The van der Waals surface area contributed by atoms with Gasteiger partial charge in [-0.2, -0.15) is 0 Å². The molecular weight excluding hydrogens is 192 g/mol. The van der Waals surface area contributed by atoms with Gasteiger partial charge in [0.25, 0.3) is 0 Å². The van der Waals surface area contributed by atoms with Crippen molar-refractivity contribution in [2.24, 2.45) is 0 Å². The van der Waals surface area contributed by atoms with Gasteiger partial charge >= 0.3 is 5.97 Å². The second-order valence-electron chi connectivity index (χ2n) is 4.00. The molecule has 1 aliphatic carbocycles. The van der Waals surface area contributed by atoms with E-state index in [1.807, 2.05) is 14.0 Å². The maximum absolute atomic E-state index is 10.9. The summed E-state index contributed by atoms with van der Waals surface area (Å²) in [5.41, 5.74) is 1.06. The lowest BCUT2D eigenvalue weighted by Gasteiger charge is -2.18. The number of hydrogen-bond donors (Lipinski definition) is 1. The van der Waals surface area contributed by atoms with Gasteiger partial charge in [-0.15, -0.1) is 0 Å². The van der Waals surface area contributed by atoms with Crippen molar-refractivity contribution < 1.29 is 9.90 Å². The standard InChI is InChI=1S/C11H14N2O2/c1-7-5-8(11(14)15)6-10(12-7)13(2)9-3-4-9/h5-6,9H,3-4H2,1-2H3,(H,14,15). The Hall–Kier alpha value is -1.58. The monoisotopic (exact) mass is 206 g/mol. The number of aromatic carboxylic acids is 1. The summed E-state index contributed by atoms with van der Waals surface area (Å²) >= 11 is 0. The summed E-state index contributed by atoms with van der Waals surface area (Å²) in [6.07, 6.45) is 2.35. The van der Waals surface area contributed by atoms with Crippen molar-refractivity contribution in [3.05, 3.63) is 23.4 Å². The molecule has 0 aromatic carbocycles. The fourth-order valence-electron chi connectivity index (χ4n) is 1.60. The van der Waals surface area contributed by atoms with Crippen LogP contribution in [0.1, 0.15) is 28.9 Å². The Morgan fingerprint density at radius 3 is 2.73 bits per heavy atom. The summed E-state index contributed by atoms with van der Waals surface area (Å²) in [6.45, 7) is 1.82. The first-order valence-electron chi connectivity index (χ1n) is 5.03. The van der Waals surface area contributed by atoms with Crippen LogP contribution >= 0.6 is 0 Å². The zero-order valence-corrected chi connectivity index (χ0v) is 8.90. The third kappa shape index (κ3) is 2.09. The van der Waals surface area contributed by atoms with Gasteiger partial charge in [0, 0.05) is 18.8 Å². The molecule has 1 fully saturated rings. The van der Waals surface area contributed by atoms with Crippen LogP contribution in [0.15, 0.2) is 12.1 Å². The first-order chi connectivity index (χ1) is 7.08. The molecule has 0 aliphatic heterocycles. The fraction of sp³-hybridized carbons (Fsp3) is 0.455. The van der Waals surface area contributed by atoms with E-state index < -0.39 is 5.97 Å². The van der Waals surface area contributed by atoms with Crippen LogP contribution in [0.4, 0.5) is 5.82 Å². The Morgan fingerprint density at radius 2 is 2.20 bits per heavy atom. The molecule has 0 bridgehead atoms. The highest BCUT2D eigenvalue weighted by atomic mass is 16.4. The van der Waals surface area contributed by atoms with Gasteiger partial charge in [0.05, 0.1) is 5.56 Å². The van der Waals surface area contributed by atoms with E-state index >= 15 is 0 Å². The molecule has 1 aliphatic rings. The normalized spacial score (nSPS) is 15.1. The molecule has 1 heterocycles. The summed E-state index contributed by atoms with van der Waals surface area (Å²) < 4.78 is 0. The van der Waals surface area contributed by atoms with Gasteiger partial charge in [-0.1, -0.05) is 0 Å². The number of anilines is 1. The Kier molecular flexibility index (Phi) is 2.34. The van der Waals surface area contributed by atoms with E-state index in [-0.39, 0.29) is 0 Å². The second kappa shape index (κ2) is 3.53. The smallest absolute Gasteiger partial charge is 0.335 e. The minimum atomic E-state index is -0.897. The largest absolute Gasteiger partial charge is 0.478 e. The maximum Gasteiger partial charge on any atom is 0.335 e. The molecule has 15 heavy (non-hydrogen) atoms.